The van der Waals surface area contributed by atoms with Crippen LogP contribution in [0.5, 0.6) is 0 Å². The van der Waals surface area contributed by atoms with E-state index < -0.39 is 5.60 Å². The third kappa shape index (κ3) is 4.81. The van der Waals surface area contributed by atoms with Gasteiger partial charge in [0.2, 0.25) is 5.91 Å². The van der Waals surface area contributed by atoms with Crippen LogP contribution in [0.1, 0.15) is 68.7 Å². The minimum atomic E-state index is -0.806. The zero-order chi connectivity index (χ0) is 21.1. The van der Waals surface area contributed by atoms with Crippen LogP contribution in [0, 0.1) is 6.92 Å². The van der Waals surface area contributed by atoms with Gasteiger partial charge in [-0.05, 0) is 62.4 Å². The van der Waals surface area contributed by atoms with Gasteiger partial charge in [-0.3, -0.25) is 9.78 Å². The molecule has 2 aromatic rings. The molecule has 6 nitrogen and oxygen atoms in total. The topological polar surface area (TPSA) is 92.3 Å². The van der Waals surface area contributed by atoms with Crippen LogP contribution in [0.15, 0.2) is 30.5 Å². The number of anilines is 1. The highest BCUT2D eigenvalue weighted by molar-refractivity contribution is 5.77. The molecule has 1 aliphatic carbocycles. The summed E-state index contributed by atoms with van der Waals surface area (Å²) in [5.41, 5.74) is 8.98. The maximum Gasteiger partial charge on any atom is 0.225 e. The molecule has 0 bridgehead atoms. The molecule has 1 atom stereocenters. The number of pyridine rings is 2. The Morgan fingerprint density at radius 1 is 1.20 bits per heavy atom. The molecule has 1 saturated heterocycles. The third-order valence-corrected chi connectivity index (χ3v) is 6.55. The van der Waals surface area contributed by atoms with Crippen molar-refractivity contribution in [3.8, 4) is 11.1 Å². The predicted molar refractivity (Wildman–Crippen MR) is 118 cm³/mol. The smallest absolute Gasteiger partial charge is 0.225 e. The van der Waals surface area contributed by atoms with Gasteiger partial charge < -0.3 is 15.7 Å². The first-order valence-electron chi connectivity index (χ1n) is 11.1. The van der Waals surface area contributed by atoms with E-state index in [1.807, 2.05) is 24.0 Å². The number of likely N-dealkylation sites (tertiary alicyclic amines) is 1. The first-order chi connectivity index (χ1) is 14.4. The molecule has 30 heavy (non-hydrogen) atoms. The number of nitrogens with two attached hydrogens (primary N) is 1. The van der Waals surface area contributed by atoms with Crippen LogP contribution in [0.4, 0.5) is 5.82 Å². The molecule has 6 heteroatoms. The number of aryl methyl sites for hydroxylation is 1. The molecular formula is C24H32N4O2. The lowest BCUT2D eigenvalue weighted by molar-refractivity contribution is -0.139. The van der Waals surface area contributed by atoms with Gasteiger partial charge in [0.05, 0.1) is 12.0 Å². The number of nitrogens with zero attached hydrogens (tertiary/aromatic N) is 3. The van der Waals surface area contributed by atoms with Crippen molar-refractivity contribution in [2.24, 2.45) is 0 Å². The molecule has 2 aliphatic rings. The van der Waals surface area contributed by atoms with Crippen molar-refractivity contribution in [1.82, 2.24) is 14.9 Å². The molecule has 4 rings (SSSR count). The number of nitrogen functional groups attached to an aromatic ring is 1. The van der Waals surface area contributed by atoms with E-state index in [2.05, 4.69) is 17.1 Å². The minimum Gasteiger partial charge on any atom is -0.389 e. The monoisotopic (exact) mass is 408 g/mol. The van der Waals surface area contributed by atoms with Crippen LogP contribution >= 0.6 is 0 Å². The second kappa shape index (κ2) is 8.72. The molecule has 0 unspecified atom stereocenters. The van der Waals surface area contributed by atoms with Crippen LogP contribution in [0.25, 0.3) is 11.1 Å². The fraction of sp³-hybridized carbons (Fsp3) is 0.542. The first-order valence-corrected chi connectivity index (χ1v) is 11.1. The lowest BCUT2D eigenvalue weighted by atomic mass is 9.82. The summed E-state index contributed by atoms with van der Waals surface area (Å²) in [6.07, 6.45) is 8.70. The van der Waals surface area contributed by atoms with Crippen LogP contribution in [0.3, 0.4) is 0 Å². The van der Waals surface area contributed by atoms with Crippen LogP contribution in [-0.2, 0) is 4.79 Å². The van der Waals surface area contributed by atoms with Crippen molar-refractivity contribution in [3.63, 3.8) is 0 Å². The fourth-order valence-electron chi connectivity index (χ4n) is 4.87. The van der Waals surface area contributed by atoms with Crippen molar-refractivity contribution in [3.05, 3.63) is 41.9 Å². The molecule has 0 spiro atoms. The molecule has 3 N–H and O–H groups in total. The van der Waals surface area contributed by atoms with Gasteiger partial charge >= 0.3 is 0 Å². The first kappa shape index (κ1) is 20.8. The Balaban J connectivity index is 1.49. The van der Waals surface area contributed by atoms with Gasteiger partial charge in [0, 0.05) is 42.2 Å². The van der Waals surface area contributed by atoms with Crippen LogP contribution in [-0.4, -0.2) is 44.6 Å². The predicted octanol–water partition coefficient (Wildman–Crippen LogP) is 3.83. The number of amides is 1. The third-order valence-electron chi connectivity index (χ3n) is 6.55. The van der Waals surface area contributed by atoms with Crippen molar-refractivity contribution < 1.29 is 9.90 Å². The van der Waals surface area contributed by atoms with E-state index in [0.29, 0.717) is 12.4 Å². The Labute approximate surface area is 178 Å². The number of hydrogen-bond acceptors (Lipinski definition) is 5. The lowest BCUT2D eigenvalue weighted by Gasteiger charge is -2.37. The van der Waals surface area contributed by atoms with E-state index in [0.717, 1.165) is 74.0 Å². The van der Waals surface area contributed by atoms with E-state index in [1.165, 1.54) is 0 Å². The van der Waals surface area contributed by atoms with Crippen molar-refractivity contribution >= 4 is 11.7 Å². The summed E-state index contributed by atoms with van der Waals surface area (Å²) in [6, 6.07) is 7.96. The zero-order valence-electron chi connectivity index (χ0n) is 17.8. The maximum absolute atomic E-state index is 13.0. The Morgan fingerprint density at radius 2 is 2.00 bits per heavy atom. The van der Waals surface area contributed by atoms with Gasteiger partial charge in [-0.25, -0.2) is 4.98 Å². The Morgan fingerprint density at radius 3 is 2.73 bits per heavy atom. The van der Waals surface area contributed by atoms with Gasteiger partial charge in [-0.15, -0.1) is 0 Å². The normalized spacial score (nSPS) is 21.4. The molecule has 1 saturated carbocycles. The fourth-order valence-corrected chi connectivity index (χ4v) is 4.87. The average molecular weight is 409 g/mol. The highest BCUT2D eigenvalue weighted by Gasteiger charge is 2.35. The Bertz CT molecular complexity index is 891. The van der Waals surface area contributed by atoms with Crippen LogP contribution < -0.4 is 5.73 Å². The molecule has 1 aliphatic heterocycles. The van der Waals surface area contributed by atoms with Crippen molar-refractivity contribution in [2.75, 3.05) is 18.8 Å². The summed E-state index contributed by atoms with van der Waals surface area (Å²) in [5, 5.41) is 10.8. The summed E-state index contributed by atoms with van der Waals surface area (Å²) < 4.78 is 0. The quantitative estimate of drug-likeness (QED) is 0.802. The Hall–Kier alpha value is -2.47. The summed E-state index contributed by atoms with van der Waals surface area (Å²) in [6.45, 7) is 3.44. The van der Waals surface area contributed by atoms with Crippen molar-refractivity contribution in [2.45, 2.75) is 69.8 Å². The van der Waals surface area contributed by atoms with Crippen LogP contribution in [0.2, 0.25) is 0 Å². The number of aromatic nitrogens is 2. The van der Waals surface area contributed by atoms with E-state index in [-0.39, 0.29) is 18.2 Å². The highest BCUT2D eigenvalue weighted by atomic mass is 16.3. The van der Waals surface area contributed by atoms with E-state index in [1.54, 1.807) is 6.20 Å². The summed E-state index contributed by atoms with van der Waals surface area (Å²) >= 11 is 0. The van der Waals surface area contributed by atoms with Crippen molar-refractivity contribution in [1.29, 1.82) is 0 Å². The van der Waals surface area contributed by atoms with Gasteiger partial charge in [-0.1, -0.05) is 19.3 Å². The summed E-state index contributed by atoms with van der Waals surface area (Å²) in [5.74, 6) is 0.801. The van der Waals surface area contributed by atoms with Gasteiger partial charge in [-0.2, -0.15) is 0 Å². The second-order valence-corrected chi connectivity index (χ2v) is 9.03. The van der Waals surface area contributed by atoms with E-state index in [9.17, 15) is 9.90 Å². The molecule has 1 amide bonds. The number of rotatable bonds is 4. The summed E-state index contributed by atoms with van der Waals surface area (Å²) in [7, 11) is 0. The standard InChI is InChI=1S/C24H32N4O2/c1-17-12-20(18-7-8-22(25)26-15-18)13-21(27-17)19-6-5-11-28(16-19)23(29)14-24(30)9-3-2-4-10-24/h7-8,12-13,15,19,30H,2-6,9-11,14,16H2,1H3,(H2,25,26)/t19-/m1/s1. The molecule has 0 radical (unpaired) electrons. The van der Waals surface area contributed by atoms with E-state index in [4.69, 9.17) is 10.7 Å². The number of aliphatic hydroxyl groups is 1. The summed E-state index contributed by atoms with van der Waals surface area (Å²) in [4.78, 5) is 23.9. The zero-order valence-corrected chi connectivity index (χ0v) is 17.8. The highest BCUT2D eigenvalue weighted by Crippen LogP contribution is 2.33. The largest absolute Gasteiger partial charge is 0.389 e. The molecule has 2 aromatic heterocycles. The molecule has 0 aromatic carbocycles. The average Bonchev–Trinajstić information content (AvgIpc) is 2.74. The number of piperidine rings is 1. The van der Waals surface area contributed by atoms with Gasteiger partial charge in [0.1, 0.15) is 5.82 Å². The molecule has 3 heterocycles. The maximum atomic E-state index is 13.0. The van der Waals surface area contributed by atoms with Gasteiger partial charge in [0.15, 0.2) is 0 Å². The second-order valence-electron chi connectivity index (χ2n) is 9.03. The lowest BCUT2D eigenvalue weighted by Crippen LogP contribution is -2.44. The number of carbonyl (C=O) groups is 1. The molecular weight excluding hydrogens is 376 g/mol. The number of carbonyl (C=O) groups excluding carboxylic acids is 1. The van der Waals surface area contributed by atoms with E-state index >= 15 is 0 Å². The molecule has 2 fully saturated rings. The minimum absolute atomic E-state index is 0.0831. The Kier molecular flexibility index (Phi) is 6.04. The molecule has 160 valence electrons. The SMILES string of the molecule is Cc1cc(-c2ccc(N)nc2)cc([C@@H]2CCCN(C(=O)CC3(O)CCCCC3)C2)n1. The number of hydrogen-bond donors (Lipinski definition) is 2. The van der Waals surface area contributed by atoms with Gasteiger partial charge in [0.25, 0.3) is 0 Å².